The van der Waals surface area contributed by atoms with Crippen LogP contribution in [0.5, 0.6) is 11.5 Å². The molecule has 0 aliphatic heterocycles. The van der Waals surface area contributed by atoms with Gasteiger partial charge in [0.25, 0.3) is 11.8 Å². The molecule has 0 fully saturated rings. The topological polar surface area (TPSA) is 76.7 Å². The van der Waals surface area contributed by atoms with Gasteiger partial charge in [0.2, 0.25) is 0 Å². The van der Waals surface area contributed by atoms with Crippen molar-refractivity contribution in [2.24, 2.45) is 0 Å². The molecule has 32 heavy (non-hydrogen) atoms. The third-order valence-electron chi connectivity index (χ3n) is 4.31. The van der Waals surface area contributed by atoms with Crippen molar-refractivity contribution in [3.63, 3.8) is 0 Å². The fourth-order valence-corrected chi connectivity index (χ4v) is 2.85. The van der Waals surface area contributed by atoms with Crippen molar-refractivity contribution in [2.45, 2.75) is 0 Å². The Morgan fingerprint density at radius 1 is 0.688 bits per heavy atom. The van der Waals surface area contributed by atoms with Crippen LogP contribution < -0.4 is 20.1 Å². The fourth-order valence-electron chi connectivity index (χ4n) is 2.85. The van der Waals surface area contributed by atoms with Gasteiger partial charge in [0.15, 0.2) is 0 Å². The summed E-state index contributed by atoms with van der Waals surface area (Å²) in [5.74, 6) is 0.575. The lowest BCUT2D eigenvalue weighted by molar-refractivity contribution is 0.102. The maximum Gasteiger partial charge on any atom is 0.255 e. The Hall–Kier alpha value is -4.32. The number of carbonyl (C=O) groups excluding carboxylic acids is 2. The number of ether oxygens (including phenoxy) is 2. The SMILES string of the molecule is C=CCOc1cccc(NC(=O)c2cccc(C(=O)Nc3cccc(OCC=C)c3)c2)c1. The van der Waals surface area contributed by atoms with Crippen LogP contribution >= 0.6 is 0 Å². The van der Waals surface area contributed by atoms with Gasteiger partial charge in [-0.1, -0.05) is 43.5 Å². The van der Waals surface area contributed by atoms with Gasteiger partial charge in [-0.15, -0.1) is 0 Å². The van der Waals surface area contributed by atoms with Crippen molar-refractivity contribution < 1.29 is 19.1 Å². The summed E-state index contributed by atoms with van der Waals surface area (Å²) in [5.41, 5.74) is 1.89. The highest BCUT2D eigenvalue weighted by Gasteiger charge is 2.12. The van der Waals surface area contributed by atoms with E-state index in [-0.39, 0.29) is 11.8 Å². The normalized spacial score (nSPS) is 10.0. The average molecular weight is 428 g/mol. The lowest BCUT2D eigenvalue weighted by atomic mass is 10.1. The summed E-state index contributed by atoms with van der Waals surface area (Å²) in [7, 11) is 0. The van der Waals surface area contributed by atoms with E-state index < -0.39 is 0 Å². The Kier molecular flexibility index (Phi) is 7.81. The number of nitrogens with one attached hydrogen (secondary N) is 2. The maximum absolute atomic E-state index is 12.7. The first-order chi connectivity index (χ1) is 15.6. The highest BCUT2D eigenvalue weighted by Crippen LogP contribution is 2.20. The molecule has 0 bridgehead atoms. The molecule has 162 valence electrons. The van der Waals surface area contributed by atoms with E-state index in [9.17, 15) is 9.59 Å². The highest BCUT2D eigenvalue weighted by molar-refractivity contribution is 6.08. The summed E-state index contributed by atoms with van der Waals surface area (Å²) in [6.07, 6.45) is 3.29. The van der Waals surface area contributed by atoms with Gasteiger partial charge in [0.1, 0.15) is 24.7 Å². The number of carbonyl (C=O) groups is 2. The van der Waals surface area contributed by atoms with Crippen molar-refractivity contribution in [3.05, 3.63) is 109 Å². The second kappa shape index (κ2) is 11.2. The highest BCUT2D eigenvalue weighted by atomic mass is 16.5. The minimum atomic E-state index is -0.333. The van der Waals surface area contributed by atoms with Gasteiger partial charge < -0.3 is 20.1 Å². The first-order valence-corrected chi connectivity index (χ1v) is 9.99. The lowest BCUT2D eigenvalue weighted by Gasteiger charge is -2.10. The third kappa shape index (κ3) is 6.34. The molecule has 0 atom stereocenters. The van der Waals surface area contributed by atoms with E-state index in [0.717, 1.165) is 0 Å². The average Bonchev–Trinajstić information content (AvgIpc) is 2.82. The minimum absolute atomic E-state index is 0.333. The second-order valence-corrected chi connectivity index (χ2v) is 6.74. The van der Waals surface area contributed by atoms with Gasteiger partial charge in [-0.05, 0) is 42.5 Å². The molecule has 2 amide bonds. The smallest absolute Gasteiger partial charge is 0.255 e. The third-order valence-corrected chi connectivity index (χ3v) is 4.31. The molecule has 6 nitrogen and oxygen atoms in total. The van der Waals surface area contributed by atoms with Crippen LogP contribution in [0.15, 0.2) is 98.1 Å². The number of rotatable bonds is 10. The van der Waals surface area contributed by atoms with E-state index >= 15 is 0 Å². The van der Waals surface area contributed by atoms with E-state index in [0.29, 0.717) is 47.2 Å². The van der Waals surface area contributed by atoms with Crippen molar-refractivity contribution in [1.82, 2.24) is 0 Å². The van der Waals surface area contributed by atoms with E-state index in [1.807, 2.05) is 0 Å². The van der Waals surface area contributed by atoms with Gasteiger partial charge in [0.05, 0.1) is 0 Å². The van der Waals surface area contributed by atoms with Crippen molar-refractivity contribution in [3.8, 4) is 11.5 Å². The molecule has 0 aromatic heterocycles. The van der Waals surface area contributed by atoms with Crippen LogP contribution in [0.25, 0.3) is 0 Å². The van der Waals surface area contributed by atoms with Crippen molar-refractivity contribution >= 4 is 23.2 Å². The van der Waals surface area contributed by atoms with E-state index in [1.54, 1.807) is 84.9 Å². The lowest BCUT2D eigenvalue weighted by Crippen LogP contribution is -2.15. The fraction of sp³-hybridized carbons (Fsp3) is 0.0769. The molecular formula is C26H24N2O4. The van der Waals surface area contributed by atoms with Crippen LogP contribution in [0, 0.1) is 0 Å². The molecule has 0 saturated carbocycles. The zero-order valence-corrected chi connectivity index (χ0v) is 17.5. The molecule has 0 aliphatic rings. The van der Waals surface area contributed by atoms with Crippen LogP contribution in [0.3, 0.4) is 0 Å². The summed E-state index contributed by atoms with van der Waals surface area (Å²) in [6, 6.07) is 20.6. The minimum Gasteiger partial charge on any atom is -0.489 e. The molecule has 6 heteroatoms. The monoisotopic (exact) mass is 428 g/mol. The van der Waals surface area contributed by atoms with Crippen LogP contribution in [-0.4, -0.2) is 25.0 Å². The maximum atomic E-state index is 12.7. The first-order valence-electron chi connectivity index (χ1n) is 9.99. The molecule has 2 N–H and O–H groups in total. The van der Waals surface area contributed by atoms with Gasteiger partial charge in [0, 0.05) is 34.6 Å². The van der Waals surface area contributed by atoms with E-state index in [1.165, 1.54) is 0 Å². The van der Waals surface area contributed by atoms with Crippen molar-refractivity contribution in [1.29, 1.82) is 0 Å². The summed E-state index contributed by atoms with van der Waals surface area (Å²) in [6.45, 7) is 7.97. The number of amides is 2. The first kappa shape index (κ1) is 22.4. The van der Waals surface area contributed by atoms with Crippen LogP contribution in [0.2, 0.25) is 0 Å². The van der Waals surface area contributed by atoms with Gasteiger partial charge >= 0.3 is 0 Å². The molecule has 0 unspecified atom stereocenters. The van der Waals surface area contributed by atoms with Gasteiger partial charge in [-0.3, -0.25) is 9.59 Å². The Balaban J connectivity index is 1.68. The van der Waals surface area contributed by atoms with Crippen molar-refractivity contribution in [2.75, 3.05) is 23.8 Å². The Morgan fingerprint density at radius 3 is 1.56 bits per heavy atom. The Bertz CT molecular complexity index is 1040. The standard InChI is InChI=1S/C26H24N2O4/c1-3-14-31-23-12-6-10-21(17-23)27-25(29)19-8-5-9-20(16-19)26(30)28-22-11-7-13-24(18-22)32-15-4-2/h3-13,16-18H,1-2,14-15H2,(H,27,29)(H,28,30). The quantitative estimate of drug-likeness (QED) is 0.429. The van der Waals surface area contributed by atoms with Gasteiger partial charge in [-0.25, -0.2) is 0 Å². The molecule has 0 spiro atoms. The van der Waals surface area contributed by atoms with E-state index in [2.05, 4.69) is 23.8 Å². The summed E-state index contributed by atoms with van der Waals surface area (Å²) in [5, 5.41) is 5.63. The van der Waals surface area contributed by atoms with E-state index in [4.69, 9.17) is 9.47 Å². The number of hydrogen-bond donors (Lipinski definition) is 2. The summed E-state index contributed by atoms with van der Waals surface area (Å²) < 4.78 is 11.0. The molecule has 0 heterocycles. The zero-order valence-electron chi connectivity index (χ0n) is 17.5. The number of benzene rings is 3. The molecular weight excluding hydrogens is 404 g/mol. The van der Waals surface area contributed by atoms with Crippen LogP contribution in [-0.2, 0) is 0 Å². The number of hydrogen-bond acceptors (Lipinski definition) is 4. The largest absolute Gasteiger partial charge is 0.489 e. The predicted molar refractivity (Wildman–Crippen MR) is 127 cm³/mol. The Labute approximate surface area is 187 Å². The summed E-state index contributed by atoms with van der Waals surface area (Å²) >= 11 is 0. The van der Waals surface area contributed by atoms with Gasteiger partial charge in [-0.2, -0.15) is 0 Å². The molecule has 3 rings (SSSR count). The molecule has 3 aromatic carbocycles. The van der Waals surface area contributed by atoms with Crippen LogP contribution in [0.4, 0.5) is 11.4 Å². The molecule has 0 radical (unpaired) electrons. The summed E-state index contributed by atoms with van der Waals surface area (Å²) in [4.78, 5) is 25.4. The molecule has 0 saturated heterocycles. The number of anilines is 2. The second-order valence-electron chi connectivity index (χ2n) is 6.74. The van der Waals surface area contributed by atoms with Crippen LogP contribution in [0.1, 0.15) is 20.7 Å². The molecule has 0 aliphatic carbocycles. The molecule has 3 aromatic rings. The zero-order chi connectivity index (χ0) is 22.8. The predicted octanol–water partition coefficient (Wildman–Crippen LogP) is 5.32. The Morgan fingerprint density at radius 2 is 1.12 bits per heavy atom.